The van der Waals surface area contributed by atoms with Gasteiger partial charge in [0.1, 0.15) is 5.39 Å². The van der Waals surface area contributed by atoms with Crippen LogP contribution in [0.15, 0.2) is 24.3 Å². The van der Waals surface area contributed by atoms with Crippen LogP contribution in [0.5, 0.6) is 5.75 Å². The Morgan fingerprint density at radius 1 is 1.04 bits per heavy atom. The summed E-state index contributed by atoms with van der Waals surface area (Å²) in [7, 11) is -3.42. The van der Waals surface area contributed by atoms with Gasteiger partial charge in [-0.2, -0.15) is 8.42 Å². The summed E-state index contributed by atoms with van der Waals surface area (Å²) in [5.74, 6) is -0.478. The number of thiol groups is 1. The fraction of sp³-hybridized carbons (Fsp3) is 0. The van der Waals surface area contributed by atoms with Crippen molar-refractivity contribution >= 4 is 38.8 Å². The van der Waals surface area contributed by atoms with Crippen LogP contribution in [0.2, 0.25) is 0 Å². The molecule has 13 heteroatoms. The Kier molecular flexibility index (Phi) is 4.04. The second kappa shape index (κ2) is 5.80. The molecule has 12 nitrogen and oxygen atoms in total. The minimum Gasteiger partial charge on any atom is -0.594 e. The normalized spacial score (nSPS) is 10.7. The average molecular weight is 341 g/mol. The van der Waals surface area contributed by atoms with Crippen molar-refractivity contribution in [1.82, 2.24) is 0 Å². The van der Waals surface area contributed by atoms with Crippen LogP contribution in [0.1, 0.15) is 0 Å². The van der Waals surface area contributed by atoms with E-state index in [1.165, 1.54) is 12.1 Å². The average Bonchev–Trinajstić information content (AvgIpc) is 2.44. The lowest BCUT2D eigenvalue weighted by molar-refractivity contribution is -0.499. The number of non-ortho nitro benzene ring substituents is 1. The van der Waals surface area contributed by atoms with Crippen molar-refractivity contribution in [1.29, 1.82) is 11.1 Å². The molecule has 0 aliphatic heterocycles. The third-order valence-corrected chi connectivity index (χ3v) is 3.19. The van der Waals surface area contributed by atoms with Crippen LogP contribution in [-0.2, 0) is 11.0 Å². The molecule has 0 aromatic heterocycles. The minimum absolute atomic E-state index is 0.174. The Balaban J connectivity index is 3.10. The highest BCUT2D eigenvalue weighted by atomic mass is 32.2. The van der Waals surface area contributed by atoms with Crippen molar-refractivity contribution in [2.75, 3.05) is 0 Å². The van der Waals surface area contributed by atoms with Gasteiger partial charge >= 0.3 is 11.4 Å². The first-order chi connectivity index (χ1) is 10.7. The van der Waals surface area contributed by atoms with E-state index in [9.17, 15) is 28.9 Å². The molecule has 0 spiro atoms. The summed E-state index contributed by atoms with van der Waals surface area (Å²) in [4.78, 5) is 9.12. The third kappa shape index (κ3) is 2.84. The summed E-state index contributed by atoms with van der Waals surface area (Å²) in [6.07, 6.45) is 0. The van der Waals surface area contributed by atoms with Crippen LogP contribution in [-0.4, -0.2) is 23.1 Å². The Morgan fingerprint density at radius 2 is 1.70 bits per heavy atom. The van der Waals surface area contributed by atoms with Crippen molar-refractivity contribution in [3.05, 3.63) is 44.8 Å². The van der Waals surface area contributed by atoms with Crippen LogP contribution < -0.4 is 4.18 Å². The van der Waals surface area contributed by atoms with Crippen molar-refractivity contribution < 1.29 is 27.2 Å². The molecule has 0 aliphatic rings. The van der Waals surface area contributed by atoms with E-state index in [-0.39, 0.29) is 5.39 Å². The SMILES string of the molecule is N=[N+]([O-])c1cc(O[SH](=O)=O)c2cccc([N+](=O)[O-])c2c1[N+](=N)[O-]. The van der Waals surface area contributed by atoms with Crippen molar-refractivity contribution in [3.8, 4) is 5.75 Å². The predicted octanol–water partition coefficient (Wildman–Crippen LogP) is 2.00. The van der Waals surface area contributed by atoms with Crippen LogP contribution >= 0.6 is 0 Å². The second-order valence-corrected chi connectivity index (χ2v) is 4.73. The lowest BCUT2D eigenvalue weighted by Crippen LogP contribution is -2.02. The van der Waals surface area contributed by atoms with Gasteiger partial charge in [0.2, 0.25) is 0 Å². The van der Waals surface area contributed by atoms with E-state index in [4.69, 9.17) is 11.1 Å². The van der Waals surface area contributed by atoms with Gasteiger partial charge in [-0.3, -0.25) is 10.1 Å². The van der Waals surface area contributed by atoms with Gasteiger partial charge < -0.3 is 14.6 Å². The molecule has 0 amide bonds. The minimum atomic E-state index is -3.42. The van der Waals surface area contributed by atoms with Gasteiger partial charge in [0.05, 0.1) is 11.0 Å². The highest BCUT2D eigenvalue weighted by molar-refractivity contribution is 7.67. The molecule has 0 radical (unpaired) electrons. The number of nitrogens with zero attached hydrogens (tertiary/aromatic N) is 3. The molecule has 0 saturated heterocycles. The van der Waals surface area contributed by atoms with E-state index in [0.717, 1.165) is 12.1 Å². The van der Waals surface area contributed by atoms with E-state index in [1.54, 1.807) is 0 Å². The zero-order valence-corrected chi connectivity index (χ0v) is 11.9. The zero-order chi connectivity index (χ0) is 17.3. The van der Waals surface area contributed by atoms with Gasteiger partial charge in [0.25, 0.3) is 16.7 Å². The Hall–Kier alpha value is -3.35. The molecule has 23 heavy (non-hydrogen) atoms. The smallest absolute Gasteiger partial charge is 0.333 e. The van der Waals surface area contributed by atoms with Crippen molar-refractivity contribution in [3.63, 3.8) is 0 Å². The number of fused-ring (bicyclic) bond motifs is 1. The zero-order valence-electron chi connectivity index (χ0n) is 11.0. The van der Waals surface area contributed by atoms with Gasteiger partial charge in [-0.25, -0.2) is 0 Å². The lowest BCUT2D eigenvalue weighted by Gasteiger charge is -2.09. The maximum Gasteiger partial charge on any atom is 0.333 e. The molecule has 0 unspecified atom stereocenters. The standard InChI is InChI=1S/C10H7N5O7S/c11-13(16)7-4-8(22-23(20)21)5-2-1-3-6(15(18)19)9(5)10(7)14(12)17/h1-4,11-12,23H. The number of hydrogen-bond acceptors (Lipinski definition) is 9. The Labute approximate surface area is 128 Å². The predicted molar refractivity (Wildman–Crippen MR) is 73.6 cm³/mol. The van der Waals surface area contributed by atoms with Gasteiger partial charge in [0, 0.05) is 11.5 Å². The molecule has 0 saturated carbocycles. The van der Waals surface area contributed by atoms with Gasteiger partial charge in [0.15, 0.2) is 5.75 Å². The van der Waals surface area contributed by atoms with E-state index in [1.807, 2.05) is 0 Å². The molecule has 120 valence electrons. The number of nitro benzene ring substituents is 1. The third-order valence-electron chi connectivity index (χ3n) is 2.85. The monoisotopic (exact) mass is 341 g/mol. The molecule has 0 aliphatic carbocycles. The van der Waals surface area contributed by atoms with Crippen molar-refractivity contribution in [2.45, 2.75) is 0 Å². The molecule has 0 bridgehead atoms. The highest BCUT2D eigenvalue weighted by Crippen LogP contribution is 2.44. The van der Waals surface area contributed by atoms with Crippen LogP contribution in [0.25, 0.3) is 10.8 Å². The van der Waals surface area contributed by atoms with E-state index >= 15 is 0 Å². The van der Waals surface area contributed by atoms with E-state index in [0.29, 0.717) is 0 Å². The summed E-state index contributed by atoms with van der Waals surface area (Å²) >= 11 is 0. The second-order valence-electron chi connectivity index (χ2n) is 4.10. The quantitative estimate of drug-likeness (QED) is 0.244. The van der Waals surface area contributed by atoms with Crippen LogP contribution in [0, 0.1) is 31.6 Å². The maximum atomic E-state index is 11.4. The maximum absolute atomic E-state index is 11.4. The summed E-state index contributed by atoms with van der Waals surface area (Å²) in [5, 5.41) is 33.2. The van der Waals surface area contributed by atoms with Crippen LogP contribution in [0.4, 0.5) is 17.1 Å². The number of nitro groups is 1. The topological polar surface area (TPSA) is 186 Å². The molecule has 0 atom stereocenters. The molecule has 2 N–H and O–H groups in total. The number of nitrogens with one attached hydrogen (secondary N) is 2. The summed E-state index contributed by atoms with van der Waals surface area (Å²) in [6.45, 7) is 0. The number of benzene rings is 2. The molecule has 2 aromatic carbocycles. The lowest BCUT2D eigenvalue weighted by atomic mass is 10.0. The summed E-state index contributed by atoms with van der Waals surface area (Å²) in [6, 6.07) is 4.17. The Morgan fingerprint density at radius 3 is 2.17 bits per heavy atom. The molecular formula is C10H7N5O7S. The number of rotatable bonds is 5. The molecule has 2 aromatic rings. The number of hydrogen-bond donors (Lipinski definition) is 3. The first-order valence-electron chi connectivity index (χ1n) is 5.67. The fourth-order valence-corrected chi connectivity index (χ4v) is 2.37. The largest absolute Gasteiger partial charge is 0.594 e. The summed E-state index contributed by atoms with van der Waals surface area (Å²) < 4.78 is 26.0. The summed E-state index contributed by atoms with van der Waals surface area (Å²) in [5.41, 5.74) is 12.0. The first kappa shape index (κ1) is 16.0. The van der Waals surface area contributed by atoms with Gasteiger partial charge in [-0.15, -0.1) is 0 Å². The molecule has 2 rings (SSSR count). The van der Waals surface area contributed by atoms with Crippen molar-refractivity contribution in [2.24, 2.45) is 0 Å². The highest BCUT2D eigenvalue weighted by Gasteiger charge is 2.32. The molecule has 0 fully saturated rings. The van der Waals surface area contributed by atoms with E-state index < -0.39 is 53.8 Å². The fourth-order valence-electron chi connectivity index (χ4n) is 2.06. The molecular weight excluding hydrogens is 334 g/mol. The molecule has 0 heterocycles. The van der Waals surface area contributed by atoms with Gasteiger partial charge in [-0.1, -0.05) is 10.9 Å². The first-order valence-corrected chi connectivity index (χ1v) is 6.77. The Bertz CT molecular complexity index is 931. The van der Waals surface area contributed by atoms with Gasteiger partial charge in [-0.05, 0) is 22.0 Å². The van der Waals surface area contributed by atoms with Crippen LogP contribution in [0.3, 0.4) is 0 Å². The van der Waals surface area contributed by atoms with E-state index in [2.05, 4.69) is 4.18 Å².